The molecule has 1 rings (SSSR count). The van der Waals surface area contributed by atoms with Gasteiger partial charge in [0.1, 0.15) is 12.4 Å². The molecule has 0 bridgehead atoms. The topological polar surface area (TPSA) is 52.3 Å². The maximum Gasteiger partial charge on any atom is 0.416 e. The number of benzene rings is 1. The SMILES string of the molecule is C=CCOc1ccc(C(F)(F)F)cc1C(N)=O. The van der Waals surface area contributed by atoms with Gasteiger partial charge in [-0.1, -0.05) is 12.7 Å². The van der Waals surface area contributed by atoms with Crippen LogP contribution in [-0.2, 0) is 6.18 Å². The van der Waals surface area contributed by atoms with E-state index in [1.807, 2.05) is 0 Å². The monoisotopic (exact) mass is 245 g/mol. The Morgan fingerprint density at radius 1 is 1.47 bits per heavy atom. The van der Waals surface area contributed by atoms with Crippen molar-refractivity contribution in [3.63, 3.8) is 0 Å². The van der Waals surface area contributed by atoms with E-state index < -0.39 is 17.6 Å². The number of hydrogen-bond donors (Lipinski definition) is 1. The molecule has 17 heavy (non-hydrogen) atoms. The summed E-state index contributed by atoms with van der Waals surface area (Å²) in [6.07, 6.45) is -3.12. The minimum Gasteiger partial charge on any atom is -0.489 e. The number of alkyl halides is 3. The summed E-state index contributed by atoms with van der Waals surface area (Å²) in [6, 6.07) is 2.55. The van der Waals surface area contributed by atoms with E-state index in [0.29, 0.717) is 6.07 Å². The summed E-state index contributed by atoms with van der Waals surface area (Å²) in [6.45, 7) is 3.46. The molecule has 3 nitrogen and oxygen atoms in total. The highest BCUT2D eigenvalue weighted by Crippen LogP contribution is 2.32. The van der Waals surface area contributed by atoms with Gasteiger partial charge in [0, 0.05) is 0 Å². The van der Waals surface area contributed by atoms with Crippen molar-refractivity contribution >= 4 is 5.91 Å². The molecule has 92 valence electrons. The second-order valence-electron chi connectivity index (χ2n) is 3.17. The molecule has 0 aliphatic carbocycles. The summed E-state index contributed by atoms with van der Waals surface area (Å²) in [7, 11) is 0. The Kier molecular flexibility index (Phi) is 3.77. The maximum atomic E-state index is 12.4. The highest BCUT2D eigenvalue weighted by molar-refractivity contribution is 5.95. The quantitative estimate of drug-likeness (QED) is 0.828. The van der Waals surface area contributed by atoms with Crippen LogP contribution in [0, 0.1) is 0 Å². The van der Waals surface area contributed by atoms with Crippen molar-refractivity contribution in [2.24, 2.45) is 5.73 Å². The molecule has 1 amide bonds. The van der Waals surface area contributed by atoms with E-state index >= 15 is 0 Å². The molecule has 1 aromatic rings. The second kappa shape index (κ2) is 4.90. The summed E-state index contributed by atoms with van der Waals surface area (Å²) in [5, 5.41) is 0. The van der Waals surface area contributed by atoms with Crippen molar-refractivity contribution in [2.45, 2.75) is 6.18 Å². The van der Waals surface area contributed by atoms with Gasteiger partial charge in [-0.05, 0) is 18.2 Å². The first-order valence-electron chi connectivity index (χ1n) is 4.61. The maximum absolute atomic E-state index is 12.4. The highest BCUT2D eigenvalue weighted by atomic mass is 19.4. The average molecular weight is 245 g/mol. The predicted molar refractivity (Wildman–Crippen MR) is 55.7 cm³/mol. The Morgan fingerprint density at radius 2 is 2.12 bits per heavy atom. The van der Waals surface area contributed by atoms with E-state index in [9.17, 15) is 18.0 Å². The van der Waals surface area contributed by atoms with Gasteiger partial charge < -0.3 is 10.5 Å². The zero-order valence-electron chi connectivity index (χ0n) is 8.75. The smallest absolute Gasteiger partial charge is 0.416 e. The molecule has 0 saturated carbocycles. The van der Waals surface area contributed by atoms with Gasteiger partial charge in [0.15, 0.2) is 0 Å². The fourth-order valence-corrected chi connectivity index (χ4v) is 1.17. The molecule has 0 aliphatic rings. The first-order chi connectivity index (χ1) is 7.86. The van der Waals surface area contributed by atoms with Crippen LogP contribution in [0.25, 0.3) is 0 Å². The van der Waals surface area contributed by atoms with Crippen LogP contribution in [-0.4, -0.2) is 12.5 Å². The summed E-state index contributed by atoms with van der Waals surface area (Å²) in [4.78, 5) is 11.0. The van der Waals surface area contributed by atoms with Crippen LogP contribution < -0.4 is 10.5 Å². The Bertz CT molecular complexity index is 441. The molecule has 2 N–H and O–H groups in total. The number of ether oxygens (including phenoxy) is 1. The van der Waals surface area contributed by atoms with E-state index in [-0.39, 0.29) is 17.9 Å². The third-order valence-electron chi connectivity index (χ3n) is 1.93. The fraction of sp³-hybridized carbons (Fsp3) is 0.182. The Hall–Kier alpha value is -1.98. The molecule has 1 aromatic carbocycles. The van der Waals surface area contributed by atoms with Crippen LogP contribution >= 0.6 is 0 Å². The molecule has 0 spiro atoms. The van der Waals surface area contributed by atoms with Crippen molar-refractivity contribution in [3.8, 4) is 5.75 Å². The second-order valence-corrected chi connectivity index (χ2v) is 3.17. The lowest BCUT2D eigenvalue weighted by Gasteiger charge is -2.11. The van der Waals surface area contributed by atoms with Gasteiger partial charge >= 0.3 is 6.18 Å². The Balaban J connectivity index is 3.17. The molecule has 0 heterocycles. The summed E-state index contributed by atoms with van der Waals surface area (Å²) < 4.78 is 42.2. The molecule has 0 unspecified atom stereocenters. The number of primary amides is 1. The average Bonchev–Trinajstić information content (AvgIpc) is 2.24. The van der Waals surface area contributed by atoms with Gasteiger partial charge in [0.25, 0.3) is 5.91 Å². The lowest BCUT2D eigenvalue weighted by Crippen LogP contribution is -2.15. The predicted octanol–water partition coefficient (Wildman–Crippen LogP) is 2.37. The van der Waals surface area contributed by atoms with E-state index in [1.54, 1.807) is 0 Å². The Labute approximate surface area is 95.7 Å². The van der Waals surface area contributed by atoms with E-state index in [0.717, 1.165) is 12.1 Å². The van der Waals surface area contributed by atoms with E-state index in [2.05, 4.69) is 6.58 Å². The van der Waals surface area contributed by atoms with Crippen LogP contribution in [0.3, 0.4) is 0 Å². The minimum absolute atomic E-state index is 0.00500. The number of rotatable bonds is 4. The standard InChI is InChI=1S/C11H10F3NO2/c1-2-5-17-9-4-3-7(11(12,13)14)6-8(9)10(15)16/h2-4,6H,1,5H2,(H2,15,16). The minimum atomic E-state index is -4.53. The van der Waals surface area contributed by atoms with Crippen molar-refractivity contribution in [1.29, 1.82) is 0 Å². The normalized spacial score (nSPS) is 11.0. The lowest BCUT2D eigenvalue weighted by molar-refractivity contribution is -0.137. The van der Waals surface area contributed by atoms with Crippen molar-refractivity contribution in [2.75, 3.05) is 6.61 Å². The Morgan fingerprint density at radius 3 is 2.59 bits per heavy atom. The van der Waals surface area contributed by atoms with Gasteiger partial charge in [-0.15, -0.1) is 0 Å². The fourth-order valence-electron chi connectivity index (χ4n) is 1.17. The van der Waals surface area contributed by atoms with Crippen LogP contribution in [0.15, 0.2) is 30.9 Å². The number of nitrogens with two attached hydrogens (primary N) is 1. The van der Waals surface area contributed by atoms with Gasteiger partial charge in [0.05, 0.1) is 11.1 Å². The van der Waals surface area contributed by atoms with Gasteiger partial charge in [-0.3, -0.25) is 4.79 Å². The van der Waals surface area contributed by atoms with Crippen molar-refractivity contribution in [1.82, 2.24) is 0 Å². The number of carbonyl (C=O) groups is 1. The summed E-state index contributed by atoms with van der Waals surface area (Å²) >= 11 is 0. The number of hydrogen-bond acceptors (Lipinski definition) is 2. The molecule has 0 aromatic heterocycles. The zero-order chi connectivity index (χ0) is 13.1. The van der Waals surface area contributed by atoms with Gasteiger partial charge in [-0.25, -0.2) is 0 Å². The largest absolute Gasteiger partial charge is 0.489 e. The van der Waals surface area contributed by atoms with Crippen molar-refractivity contribution < 1.29 is 22.7 Å². The van der Waals surface area contributed by atoms with Crippen LogP contribution in [0.4, 0.5) is 13.2 Å². The van der Waals surface area contributed by atoms with Crippen LogP contribution in [0.2, 0.25) is 0 Å². The van der Waals surface area contributed by atoms with E-state index in [4.69, 9.17) is 10.5 Å². The van der Waals surface area contributed by atoms with Crippen LogP contribution in [0.5, 0.6) is 5.75 Å². The molecule has 0 fully saturated rings. The lowest BCUT2D eigenvalue weighted by atomic mass is 10.1. The molecule has 6 heteroatoms. The number of carbonyl (C=O) groups excluding carboxylic acids is 1. The summed E-state index contributed by atoms with van der Waals surface area (Å²) in [5.41, 5.74) is 3.74. The molecule has 0 saturated heterocycles. The van der Waals surface area contributed by atoms with Gasteiger partial charge in [0.2, 0.25) is 0 Å². The molecule has 0 aliphatic heterocycles. The third-order valence-corrected chi connectivity index (χ3v) is 1.93. The molecule has 0 atom stereocenters. The summed E-state index contributed by atoms with van der Waals surface area (Å²) in [5.74, 6) is -0.972. The zero-order valence-corrected chi connectivity index (χ0v) is 8.75. The van der Waals surface area contributed by atoms with E-state index in [1.165, 1.54) is 6.08 Å². The molecular weight excluding hydrogens is 235 g/mol. The third kappa shape index (κ3) is 3.24. The van der Waals surface area contributed by atoms with Crippen LogP contribution in [0.1, 0.15) is 15.9 Å². The van der Waals surface area contributed by atoms with Crippen molar-refractivity contribution in [3.05, 3.63) is 42.0 Å². The highest BCUT2D eigenvalue weighted by Gasteiger charge is 2.31. The molecule has 0 radical (unpaired) electrons. The first kappa shape index (κ1) is 13.1. The van der Waals surface area contributed by atoms with Gasteiger partial charge in [-0.2, -0.15) is 13.2 Å². The molecular formula is C11H10F3NO2. The first-order valence-corrected chi connectivity index (χ1v) is 4.61. The number of halogens is 3. The number of amides is 1.